The van der Waals surface area contributed by atoms with Gasteiger partial charge in [0.1, 0.15) is 5.82 Å². The third-order valence-electron chi connectivity index (χ3n) is 1.80. The minimum Gasteiger partial charge on any atom is -0.358 e. The fraction of sp³-hybridized carbons (Fsp3) is 0.556. The van der Waals surface area contributed by atoms with Crippen LogP contribution in [0.5, 0.6) is 0 Å². The summed E-state index contributed by atoms with van der Waals surface area (Å²) < 4.78 is 0. The SMILES string of the molecule is CC(Br)CCN(C)c1cnccn1. The van der Waals surface area contributed by atoms with E-state index in [1.54, 1.807) is 18.6 Å². The van der Waals surface area contributed by atoms with Crippen molar-refractivity contribution in [3.05, 3.63) is 18.6 Å². The average molecular weight is 244 g/mol. The first kappa shape index (κ1) is 10.4. The van der Waals surface area contributed by atoms with Gasteiger partial charge in [-0.05, 0) is 6.42 Å². The Labute approximate surface area is 87.3 Å². The van der Waals surface area contributed by atoms with Crippen molar-refractivity contribution in [2.75, 3.05) is 18.5 Å². The van der Waals surface area contributed by atoms with Gasteiger partial charge in [0.05, 0.1) is 6.20 Å². The van der Waals surface area contributed by atoms with E-state index in [0.29, 0.717) is 4.83 Å². The van der Waals surface area contributed by atoms with Crippen LogP contribution >= 0.6 is 15.9 Å². The van der Waals surface area contributed by atoms with Gasteiger partial charge in [-0.3, -0.25) is 4.98 Å². The number of anilines is 1. The molecule has 1 unspecified atom stereocenters. The molecular weight excluding hydrogens is 230 g/mol. The van der Waals surface area contributed by atoms with E-state index >= 15 is 0 Å². The second-order valence-corrected chi connectivity index (χ2v) is 4.62. The van der Waals surface area contributed by atoms with Gasteiger partial charge in [0.25, 0.3) is 0 Å². The molecule has 4 heteroatoms. The molecule has 1 atom stereocenters. The molecule has 1 aromatic rings. The first-order valence-corrected chi connectivity index (χ1v) is 5.23. The van der Waals surface area contributed by atoms with E-state index in [4.69, 9.17) is 0 Å². The summed E-state index contributed by atoms with van der Waals surface area (Å²) in [6.45, 7) is 3.13. The molecule has 1 heterocycles. The highest BCUT2D eigenvalue weighted by atomic mass is 79.9. The third-order valence-corrected chi connectivity index (χ3v) is 2.26. The van der Waals surface area contributed by atoms with Gasteiger partial charge in [-0.2, -0.15) is 0 Å². The van der Waals surface area contributed by atoms with Gasteiger partial charge in [-0.15, -0.1) is 0 Å². The second kappa shape index (κ2) is 5.17. The molecule has 0 bridgehead atoms. The lowest BCUT2D eigenvalue weighted by Gasteiger charge is -2.17. The molecule has 0 saturated carbocycles. The molecule has 0 aliphatic heterocycles. The lowest BCUT2D eigenvalue weighted by atomic mass is 10.3. The molecule has 0 spiro atoms. The van der Waals surface area contributed by atoms with Crippen molar-refractivity contribution in [2.45, 2.75) is 18.2 Å². The van der Waals surface area contributed by atoms with Crippen molar-refractivity contribution in [2.24, 2.45) is 0 Å². The predicted octanol–water partition coefficient (Wildman–Crippen LogP) is 2.09. The molecule has 13 heavy (non-hydrogen) atoms. The fourth-order valence-corrected chi connectivity index (χ4v) is 1.18. The number of halogens is 1. The van der Waals surface area contributed by atoms with E-state index in [0.717, 1.165) is 18.8 Å². The zero-order valence-corrected chi connectivity index (χ0v) is 9.53. The standard InChI is InChI=1S/C9H14BrN3/c1-8(10)3-6-13(2)9-7-11-4-5-12-9/h4-5,7-8H,3,6H2,1-2H3. The smallest absolute Gasteiger partial charge is 0.146 e. The van der Waals surface area contributed by atoms with Crippen molar-refractivity contribution in [1.29, 1.82) is 0 Å². The number of aromatic nitrogens is 2. The normalized spacial score (nSPS) is 12.5. The van der Waals surface area contributed by atoms with E-state index in [1.807, 2.05) is 7.05 Å². The topological polar surface area (TPSA) is 29.0 Å². The summed E-state index contributed by atoms with van der Waals surface area (Å²) in [5.41, 5.74) is 0. The molecular formula is C9H14BrN3. The lowest BCUT2D eigenvalue weighted by Crippen LogP contribution is -2.21. The Kier molecular flexibility index (Phi) is 4.15. The van der Waals surface area contributed by atoms with Crippen LogP contribution in [-0.4, -0.2) is 28.4 Å². The van der Waals surface area contributed by atoms with E-state index in [-0.39, 0.29) is 0 Å². The van der Waals surface area contributed by atoms with Gasteiger partial charge in [-0.25, -0.2) is 4.98 Å². The van der Waals surface area contributed by atoms with E-state index in [9.17, 15) is 0 Å². The summed E-state index contributed by atoms with van der Waals surface area (Å²) >= 11 is 3.51. The summed E-state index contributed by atoms with van der Waals surface area (Å²) in [6, 6.07) is 0. The van der Waals surface area contributed by atoms with Crippen molar-refractivity contribution in [1.82, 2.24) is 9.97 Å². The summed E-state index contributed by atoms with van der Waals surface area (Å²) in [6.07, 6.45) is 6.28. The number of hydrogen-bond acceptors (Lipinski definition) is 3. The van der Waals surface area contributed by atoms with Crippen molar-refractivity contribution < 1.29 is 0 Å². The molecule has 0 aliphatic carbocycles. The van der Waals surface area contributed by atoms with Gasteiger partial charge >= 0.3 is 0 Å². The minimum absolute atomic E-state index is 0.548. The summed E-state index contributed by atoms with van der Waals surface area (Å²) in [5.74, 6) is 0.927. The van der Waals surface area contributed by atoms with Gasteiger partial charge in [0.15, 0.2) is 0 Å². The van der Waals surface area contributed by atoms with Crippen LogP contribution in [0.25, 0.3) is 0 Å². The molecule has 1 rings (SSSR count). The number of hydrogen-bond donors (Lipinski definition) is 0. The molecule has 3 nitrogen and oxygen atoms in total. The Morgan fingerprint density at radius 1 is 1.54 bits per heavy atom. The average Bonchev–Trinajstić information content (AvgIpc) is 2.15. The van der Waals surface area contributed by atoms with Crippen molar-refractivity contribution >= 4 is 21.7 Å². The van der Waals surface area contributed by atoms with Crippen LogP contribution in [-0.2, 0) is 0 Å². The van der Waals surface area contributed by atoms with Crippen LogP contribution in [0.3, 0.4) is 0 Å². The summed E-state index contributed by atoms with van der Waals surface area (Å²) in [7, 11) is 2.03. The van der Waals surface area contributed by atoms with Gasteiger partial charge < -0.3 is 4.90 Å². The fourth-order valence-electron chi connectivity index (χ4n) is 0.974. The molecule has 0 N–H and O–H groups in total. The van der Waals surface area contributed by atoms with Crippen LogP contribution in [0, 0.1) is 0 Å². The first-order valence-electron chi connectivity index (χ1n) is 4.31. The maximum atomic E-state index is 4.20. The van der Waals surface area contributed by atoms with Crippen molar-refractivity contribution in [3.8, 4) is 0 Å². The molecule has 0 aliphatic rings. The zero-order chi connectivity index (χ0) is 9.68. The quantitative estimate of drug-likeness (QED) is 0.759. The summed E-state index contributed by atoms with van der Waals surface area (Å²) in [5, 5.41) is 0. The Balaban J connectivity index is 2.44. The van der Waals surface area contributed by atoms with Gasteiger partial charge in [0, 0.05) is 30.8 Å². The minimum atomic E-state index is 0.548. The largest absolute Gasteiger partial charge is 0.358 e. The van der Waals surface area contributed by atoms with Gasteiger partial charge in [-0.1, -0.05) is 22.9 Å². The number of rotatable bonds is 4. The Morgan fingerprint density at radius 3 is 2.85 bits per heavy atom. The van der Waals surface area contributed by atoms with Crippen LogP contribution in [0.15, 0.2) is 18.6 Å². The molecule has 0 amide bonds. The second-order valence-electron chi connectivity index (χ2n) is 3.05. The van der Waals surface area contributed by atoms with Gasteiger partial charge in [0.2, 0.25) is 0 Å². The predicted molar refractivity (Wildman–Crippen MR) is 58.3 cm³/mol. The number of alkyl halides is 1. The van der Waals surface area contributed by atoms with E-state index in [2.05, 4.69) is 37.7 Å². The highest BCUT2D eigenvalue weighted by Gasteiger charge is 2.03. The summed E-state index contributed by atoms with van der Waals surface area (Å²) in [4.78, 5) is 10.9. The third kappa shape index (κ3) is 3.72. The Bertz CT molecular complexity index is 238. The lowest BCUT2D eigenvalue weighted by molar-refractivity contribution is 0.776. The maximum absolute atomic E-state index is 4.20. The van der Waals surface area contributed by atoms with Crippen LogP contribution < -0.4 is 4.90 Å². The molecule has 0 fully saturated rings. The van der Waals surface area contributed by atoms with Crippen LogP contribution in [0.2, 0.25) is 0 Å². The molecule has 0 aromatic carbocycles. The monoisotopic (exact) mass is 243 g/mol. The highest BCUT2D eigenvalue weighted by Crippen LogP contribution is 2.09. The maximum Gasteiger partial charge on any atom is 0.146 e. The zero-order valence-electron chi connectivity index (χ0n) is 7.94. The Hall–Kier alpha value is -0.640. The van der Waals surface area contributed by atoms with E-state index in [1.165, 1.54) is 0 Å². The van der Waals surface area contributed by atoms with Crippen LogP contribution in [0.4, 0.5) is 5.82 Å². The number of nitrogens with zero attached hydrogens (tertiary/aromatic N) is 3. The Morgan fingerprint density at radius 2 is 2.31 bits per heavy atom. The molecule has 1 aromatic heterocycles. The highest BCUT2D eigenvalue weighted by molar-refractivity contribution is 9.09. The molecule has 72 valence electrons. The van der Waals surface area contributed by atoms with Crippen molar-refractivity contribution in [3.63, 3.8) is 0 Å². The van der Waals surface area contributed by atoms with Crippen LogP contribution in [0.1, 0.15) is 13.3 Å². The van der Waals surface area contributed by atoms with E-state index < -0.39 is 0 Å². The molecule has 0 saturated heterocycles. The first-order chi connectivity index (χ1) is 6.20. The molecule has 0 radical (unpaired) electrons.